The standard InChI is InChI=1S/C15H17N5O3S/c16-13(22)11-5-1-2-7-20(11)12(21)9-24-15-19-18-14(23-15)10-4-3-6-17-8-10/h3-4,6,8,11H,1-2,5,7,9H2,(H2,16,22)/t11-/m0/s1. The van der Waals surface area contributed by atoms with Crippen LogP contribution in [-0.2, 0) is 9.59 Å². The topological polar surface area (TPSA) is 115 Å². The molecule has 1 atom stereocenters. The Hall–Kier alpha value is -2.42. The number of thioether (sulfide) groups is 1. The van der Waals surface area contributed by atoms with Gasteiger partial charge in [0, 0.05) is 18.9 Å². The van der Waals surface area contributed by atoms with E-state index in [2.05, 4.69) is 15.2 Å². The minimum Gasteiger partial charge on any atom is -0.411 e. The van der Waals surface area contributed by atoms with Gasteiger partial charge in [-0.2, -0.15) is 0 Å². The Kier molecular flexibility index (Phi) is 5.09. The van der Waals surface area contributed by atoms with Gasteiger partial charge in [0.15, 0.2) is 0 Å². The van der Waals surface area contributed by atoms with Crippen molar-refractivity contribution in [2.45, 2.75) is 30.5 Å². The van der Waals surface area contributed by atoms with E-state index in [4.69, 9.17) is 10.2 Å². The van der Waals surface area contributed by atoms with Crippen LogP contribution in [0.15, 0.2) is 34.2 Å². The normalized spacial score (nSPS) is 17.7. The Morgan fingerprint density at radius 1 is 1.38 bits per heavy atom. The lowest BCUT2D eigenvalue weighted by Crippen LogP contribution is -2.51. The highest BCUT2D eigenvalue weighted by atomic mass is 32.2. The molecule has 8 nitrogen and oxygen atoms in total. The number of nitrogens with zero attached hydrogens (tertiary/aromatic N) is 4. The summed E-state index contributed by atoms with van der Waals surface area (Å²) in [5.41, 5.74) is 6.10. The molecule has 3 heterocycles. The third-order valence-corrected chi connectivity index (χ3v) is 4.59. The van der Waals surface area contributed by atoms with E-state index in [0.717, 1.165) is 24.6 Å². The van der Waals surface area contributed by atoms with Gasteiger partial charge >= 0.3 is 0 Å². The summed E-state index contributed by atoms with van der Waals surface area (Å²) >= 11 is 1.15. The Morgan fingerprint density at radius 3 is 3.00 bits per heavy atom. The largest absolute Gasteiger partial charge is 0.411 e. The van der Waals surface area contributed by atoms with Gasteiger partial charge < -0.3 is 15.1 Å². The molecule has 1 aliphatic rings. The molecule has 1 fully saturated rings. The molecule has 24 heavy (non-hydrogen) atoms. The number of likely N-dealkylation sites (tertiary alicyclic amines) is 1. The van der Waals surface area contributed by atoms with Crippen LogP contribution in [0.25, 0.3) is 11.5 Å². The summed E-state index contributed by atoms with van der Waals surface area (Å²) < 4.78 is 5.52. The Bertz CT molecular complexity index is 721. The van der Waals surface area contributed by atoms with E-state index < -0.39 is 11.9 Å². The van der Waals surface area contributed by atoms with Crippen LogP contribution in [0.4, 0.5) is 0 Å². The monoisotopic (exact) mass is 347 g/mol. The molecule has 0 radical (unpaired) electrons. The molecule has 2 aromatic rings. The summed E-state index contributed by atoms with van der Waals surface area (Å²) in [5, 5.41) is 8.16. The molecule has 0 aromatic carbocycles. The molecule has 126 valence electrons. The number of carbonyl (C=O) groups is 2. The minimum absolute atomic E-state index is 0.123. The average Bonchev–Trinajstić information content (AvgIpc) is 3.09. The van der Waals surface area contributed by atoms with Crippen molar-refractivity contribution in [1.82, 2.24) is 20.1 Å². The highest BCUT2D eigenvalue weighted by Gasteiger charge is 2.30. The van der Waals surface area contributed by atoms with Crippen molar-refractivity contribution in [1.29, 1.82) is 0 Å². The van der Waals surface area contributed by atoms with Gasteiger partial charge in [0.2, 0.25) is 17.7 Å². The second kappa shape index (κ2) is 7.43. The second-order valence-electron chi connectivity index (χ2n) is 5.40. The van der Waals surface area contributed by atoms with Crippen LogP contribution < -0.4 is 5.73 Å². The molecule has 0 spiro atoms. The number of pyridine rings is 1. The number of aromatic nitrogens is 3. The molecule has 2 amide bonds. The third-order valence-electron chi connectivity index (χ3n) is 3.79. The fourth-order valence-electron chi connectivity index (χ4n) is 2.61. The maximum absolute atomic E-state index is 12.4. The number of nitrogens with two attached hydrogens (primary N) is 1. The molecular weight excluding hydrogens is 330 g/mol. The van der Waals surface area contributed by atoms with Crippen LogP contribution in [0.5, 0.6) is 0 Å². The van der Waals surface area contributed by atoms with Crippen molar-refractivity contribution in [3.63, 3.8) is 0 Å². The Labute approximate surface area is 142 Å². The lowest BCUT2D eigenvalue weighted by atomic mass is 10.0. The van der Waals surface area contributed by atoms with Crippen LogP contribution in [0.1, 0.15) is 19.3 Å². The number of primary amides is 1. The SMILES string of the molecule is NC(=O)[C@@H]1CCCCN1C(=O)CSc1nnc(-c2cccnc2)o1. The fourth-order valence-corrected chi connectivity index (χ4v) is 3.26. The van der Waals surface area contributed by atoms with Crippen LogP contribution in [0.3, 0.4) is 0 Å². The Morgan fingerprint density at radius 2 is 2.25 bits per heavy atom. The number of hydrogen-bond donors (Lipinski definition) is 1. The number of rotatable bonds is 5. The van der Waals surface area contributed by atoms with Crippen LogP contribution in [0, 0.1) is 0 Å². The molecule has 1 saturated heterocycles. The lowest BCUT2D eigenvalue weighted by molar-refractivity contribution is -0.138. The molecule has 2 N–H and O–H groups in total. The van der Waals surface area contributed by atoms with Crippen LogP contribution >= 0.6 is 11.8 Å². The van der Waals surface area contributed by atoms with E-state index in [0.29, 0.717) is 29.6 Å². The van der Waals surface area contributed by atoms with E-state index in [-0.39, 0.29) is 11.7 Å². The number of carbonyl (C=O) groups excluding carboxylic acids is 2. The predicted octanol–water partition coefficient (Wildman–Crippen LogP) is 1.09. The third kappa shape index (κ3) is 3.73. The van der Waals surface area contributed by atoms with Crippen LogP contribution in [-0.4, -0.2) is 50.2 Å². The van der Waals surface area contributed by atoms with E-state index in [9.17, 15) is 9.59 Å². The molecule has 0 saturated carbocycles. The quantitative estimate of drug-likeness (QED) is 0.805. The van der Waals surface area contributed by atoms with E-state index in [1.165, 1.54) is 0 Å². The van der Waals surface area contributed by atoms with Gasteiger partial charge in [0.25, 0.3) is 5.22 Å². The van der Waals surface area contributed by atoms with Gasteiger partial charge in [0.1, 0.15) is 6.04 Å². The van der Waals surface area contributed by atoms with Gasteiger partial charge in [-0.1, -0.05) is 11.8 Å². The van der Waals surface area contributed by atoms with Crippen molar-refractivity contribution in [3.05, 3.63) is 24.5 Å². The first-order valence-electron chi connectivity index (χ1n) is 7.60. The smallest absolute Gasteiger partial charge is 0.277 e. The van der Waals surface area contributed by atoms with E-state index in [1.54, 1.807) is 23.4 Å². The van der Waals surface area contributed by atoms with E-state index in [1.807, 2.05) is 6.07 Å². The molecule has 0 aliphatic carbocycles. The maximum atomic E-state index is 12.4. The summed E-state index contributed by atoms with van der Waals surface area (Å²) in [6.07, 6.45) is 5.69. The highest BCUT2D eigenvalue weighted by molar-refractivity contribution is 7.99. The number of piperidine rings is 1. The summed E-state index contributed by atoms with van der Waals surface area (Å²) in [7, 11) is 0. The summed E-state index contributed by atoms with van der Waals surface area (Å²) in [4.78, 5) is 29.4. The fraction of sp³-hybridized carbons (Fsp3) is 0.400. The zero-order valence-corrected chi connectivity index (χ0v) is 13.7. The molecule has 0 bridgehead atoms. The lowest BCUT2D eigenvalue weighted by Gasteiger charge is -2.33. The number of hydrogen-bond acceptors (Lipinski definition) is 7. The van der Waals surface area contributed by atoms with Crippen molar-refractivity contribution >= 4 is 23.6 Å². The van der Waals surface area contributed by atoms with Gasteiger partial charge in [0.05, 0.1) is 11.3 Å². The second-order valence-corrected chi connectivity index (χ2v) is 6.33. The summed E-state index contributed by atoms with van der Waals surface area (Å²) in [6.45, 7) is 0.553. The first-order valence-corrected chi connectivity index (χ1v) is 8.59. The van der Waals surface area contributed by atoms with Crippen LogP contribution in [0.2, 0.25) is 0 Å². The zero-order valence-electron chi connectivity index (χ0n) is 12.9. The van der Waals surface area contributed by atoms with E-state index >= 15 is 0 Å². The molecule has 9 heteroatoms. The van der Waals surface area contributed by atoms with Gasteiger partial charge in [-0.05, 0) is 31.4 Å². The maximum Gasteiger partial charge on any atom is 0.277 e. The van der Waals surface area contributed by atoms with Gasteiger partial charge in [-0.15, -0.1) is 10.2 Å². The molecule has 3 rings (SSSR count). The minimum atomic E-state index is -0.513. The molecule has 2 aromatic heterocycles. The first-order chi connectivity index (χ1) is 11.6. The Balaban J connectivity index is 1.60. The molecular formula is C15H17N5O3S. The highest BCUT2D eigenvalue weighted by Crippen LogP contribution is 2.24. The predicted molar refractivity (Wildman–Crippen MR) is 86.8 cm³/mol. The van der Waals surface area contributed by atoms with Crippen molar-refractivity contribution in [2.75, 3.05) is 12.3 Å². The van der Waals surface area contributed by atoms with Crippen molar-refractivity contribution in [3.8, 4) is 11.5 Å². The first kappa shape index (κ1) is 16.4. The van der Waals surface area contributed by atoms with Gasteiger partial charge in [-0.25, -0.2) is 0 Å². The number of amides is 2. The molecule has 1 aliphatic heterocycles. The zero-order chi connectivity index (χ0) is 16.9. The summed E-state index contributed by atoms with van der Waals surface area (Å²) in [6, 6.07) is 3.07. The molecule has 0 unspecified atom stereocenters. The average molecular weight is 347 g/mol. The van der Waals surface area contributed by atoms with Crippen molar-refractivity contribution < 1.29 is 14.0 Å². The summed E-state index contributed by atoms with van der Waals surface area (Å²) in [5.74, 6) is -0.126. The van der Waals surface area contributed by atoms with Gasteiger partial charge in [-0.3, -0.25) is 14.6 Å². The van der Waals surface area contributed by atoms with Crippen molar-refractivity contribution in [2.24, 2.45) is 5.73 Å².